The molecule has 1 amide bonds. The molecule has 170 valence electrons. The molecule has 4 rings (SSSR count). The van der Waals surface area contributed by atoms with Crippen LogP contribution in [0.25, 0.3) is 0 Å². The van der Waals surface area contributed by atoms with E-state index in [0.717, 1.165) is 16.8 Å². The lowest BCUT2D eigenvalue weighted by Gasteiger charge is -2.06. The van der Waals surface area contributed by atoms with Crippen molar-refractivity contribution in [2.45, 2.75) is 33.9 Å². The Balaban J connectivity index is 1.45. The molecule has 3 aromatic heterocycles. The molecule has 33 heavy (non-hydrogen) atoms. The summed E-state index contributed by atoms with van der Waals surface area (Å²) in [5, 5.41) is 25.3. The number of thiophene rings is 1. The van der Waals surface area contributed by atoms with Crippen LogP contribution >= 0.6 is 22.9 Å². The van der Waals surface area contributed by atoms with Crippen molar-refractivity contribution in [3.63, 3.8) is 0 Å². The first-order valence-electron chi connectivity index (χ1n) is 10.1. The van der Waals surface area contributed by atoms with Gasteiger partial charge in [-0.25, -0.2) is 0 Å². The van der Waals surface area contributed by atoms with Crippen molar-refractivity contribution in [2.75, 3.05) is 5.32 Å². The molecule has 0 atom stereocenters. The van der Waals surface area contributed by atoms with Crippen molar-refractivity contribution in [1.29, 1.82) is 0 Å². The van der Waals surface area contributed by atoms with Crippen molar-refractivity contribution in [3.05, 3.63) is 90.0 Å². The fourth-order valence-electron chi connectivity index (χ4n) is 3.55. The molecule has 11 heteroatoms. The molecule has 0 spiro atoms. The van der Waals surface area contributed by atoms with Crippen LogP contribution in [0.2, 0.25) is 5.02 Å². The second kappa shape index (κ2) is 9.16. The van der Waals surface area contributed by atoms with E-state index in [4.69, 9.17) is 11.6 Å². The first-order chi connectivity index (χ1) is 15.7. The smallest absolute Gasteiger partial charge is 0.304 e. The Kier molecular flexibility index (Phi) is 6.30. The van der Waals surface area contributed by atoms with E-state index < -0.39 is 4.92 Å². The number of nitrogens with zero attached hydrogens (tertiary/aromatic N) is 5. The van der Waals surface area contributed by atoms with E-state index in [1.165, 1.54) is 11.3 Å². The molecule has 0 aliphatic rings. The molecule has 0 fully saturated rings. The summed E-state index contributed by atoms with van der Waals surface area (Å²) in [4.78, 5) is 24.0. The lowest BCUT2D eigenvalue weighted by atomic mass is 10.2. The monoisotopic (exact) mass is 484 g/mol. The topological polar surface area (TPSA) is 108 Å². The minimum absolute atomic E-state index is 0.0194. The molecule has 0 unspecified atom stereocenters. The number of aryl methyl sites for hydroxylation is 2. The van der Waals surface area contributed by atoms with Crippen molar-refractivity contribution < 1.29 is 9.72 Å². The lowest BCUT2D eigenvalue weighted by molar-refractivity contribution is -0.386. The maximum atomic E-state index is 12.7. The molecule has 1 aromatic carbocycles. The van der Waals surface area contributed by atoms with Crippen molar-refractivity contribution in [2.24, 2.45) is 0 Å². The van der Waals surface area contributed by atoms with Gasteiger partial charge in [0.05, 0.1) is 22.9 Å². The van der Waals surface area contributed by atoms with Crippen LogP contribution in [0, 0.1) is 30.9 Å². The number of carbonyl (C=O) groups excluding carboxylic acids is 1. The number of aromatic nitrogens is 4. The average Bonchev–Trinajstić information content (AvgIpc) is 3.42. The van der Waals surface area contributed by atoms with Crippen LogP contribution in [-0.2, 0) is 13.1 Å². The van der Waals surface area contributed by atoms with Gasteiger partial charge in [0.15, 0.2) is 5.82 Å². The SMILES string of the molecule is Cc1nn(Cc2csc(C(=O)Nc3cc(C)n(Cc4ccccc4Cl)n3)c2)c(C)c1[N+](=O)[O-]. The summed E-state index contributed by atoms with van der Waals surface area (Å²) in [5.41, 5.74) is 3.54. The molecule has 0 bridgehead atoms. The first kappa shape index (κ1) is 22.7. The van der Waals surface area contributed by atoms with E-state index in [-0.39, 0.29) is 11.6 Å². The van der Waals surface area contributed by atoms with Crippen LogP contribution in [0.3, 0.4) is 0 Å². The maximum absolute atomic E-state index is 12.7. The molecule has 3 heterocycles. The van der Waals surface area contributed by atoms with Crippen LogP contribution < -0.4 is 5.32 Å². The van der Waals surface area contributed by atoms with Gasteiger partial charge >= 0.3 is 5.69 Å². The zero-order chi connectivity index (χ0) is 23.7. The summed E-state index contributed by atoms with van der Waals surface area (Å²) in [6.45, 7) is 6.03. The molecule has 4 aromatic rings. The zero-order valence-electron chi connectivity index (χ0n) is 18.2. The molecular formula is C22H21ClN6O3S. The minimum atomic E-state index is -0.423. The normalized spacial score (nSPS) is 11.0. The summed E-state index contributed by atoms with van der Waals surface area (Å²) in [5.74, 6) is 0.182. The highest BCUT2D eigenvalue weighted by molar-refractivity contribution is 7.12. The van der Waals surface area contributed by atoms with Crippen LogP contribution in [0.15, 0.2) is 41.8 Å². The third-order valence-corrected chi connectivity index (χ3v) is 6.58. The van der Waals surface area contributed by atoms with Crippen LogP contribution in [0.4, 0.5) is 11.5 Å². The highest BCUT2D eigenvalue weighted by atomic mass is 35.5. The summed E-state index contributed by atoms with van der Waals surface area (Å²) in [6, 6.07) is 11.1. The van der Waals surface area contributed by atoms with E-state index in [1.807, 2.05) is 36.6 Å². The van der Waals surface area contributed by atoms with Crippen molar-refractivity contribution in [1.82, 2.24) is 19.6 Å². The Morgan fingerprint density at radius 1 is 1.15 bits per heavy atom. The Hall–Kier alpha value is -3.50. The van der Waals surface area contributed by atoms with Gasteiger partial charge in [-0.2, -0.15) is 10.2 Å². The van der Waals surface area contributed by atoms with E-state index in [2.05, 4.69) is 15.5 Å². The molecule has 0 radical (unpaired) electrons. The fraction of sp³-hybridized carbons (Fsp3) is 0.227. The fourth-order valence-corrected chi connectivity index (χ4v) is 4.55. The van der Waals surface area contributed by atoms with E-state index >= 15 is 0 Å². The van der Waals surface area contributed by atoms with Crippen LogP contribution in [-0.4, -0.2) is 30.4 Å². The molecule has 0 saturated carbocycles. The Morgan fingerprint density at radius 2 is 1.91 bits per heavy atom. The number of halogens is 1. The predicted molar refractivity (Wildman–Crippen MR) is 127 cm³/mol. The van der Waals surface area contributed by atoms with Gasteiger partial charge in [0, 0.05) is 16.8 Å². The molecule has 0 aliphatic heterocycles. The lowest BCUT2D eigenvalue weighted by Crippen LogP contribution is -2.12. The molecule has 9 nitrogen and oxygen atoms in total. The number of hydrogen-bond donors (Lipinski definition) is 1. The van der Waals surface area contributed by atoms with Gasteiger partial charge in [-0.3, -0.25) is 24.3 Å². The van der Waals surface area contributed by atoms with Crippen LogP contribution in [0.5, 0.6) is 0 Å². The Bertz CT molecular complexity index is 1360. The highest BCUT2D eigenvalue weighted by Crippen LogP contribution is 2.24. The average molecular weight is 485 g/mol. The van der Waals surface area contributed by atoms with Gasteiger partial charge in [-0.05, 0) is 49.4 Å². The summed E-state index contributed by atoms with van der Waals surface area (Å²) < 4.78 is 3.36. The van der Waals surface area contributed by atoms with Crippen molar-refractivity contribution in [3.8, 4) is 0 Å². The molecule has 1 N–H and O–H groups in total. The van der Waals surface area contributed by atoms with Gasteiger partial charge < -0.3 is 5.32 Å². The summed E-state index contributed by atoms with van der Waals surface area (Å²) in [6.07, 6.45) is 0. The first-order valence-corrected chi connectivity index (χ1v) is 11.3. The predicted octanol–water partition coefficient (Wildman–Crippen LogP) is 4.98. The van der Waals surface area contributed by atoms with Crippen molar-refractivity contribution >= 4 is 40.4 Å². The van der Waals surface area contributed by atoms with Crippen LogP contribution in [0.1, 0.15) is 37.9 Å². The number of hydrogen-bond acceptors (Lipinski definition) is 6. The minimum Gasteiger partial charge on any atom is -0.304 e. The molecule has 0 aliphatic carbocycles. The number of amides is 1. The van der Waals surface area contributed by atoms with E-state index in [0.29, 0.717) is 40.2 Å². The third kappa shape index (κ3) is 4.81. The Labute approximate surface area is 198 Å². The van der Waals surface area contributed by atoms with Gasteiger partial charge in [-0.15, -0.1) is 11.3 Å². The van der Waals surface area contributed by atoms with Gasteiger partial charge in [0.2, 0.25) is 0 Å². The van der Waals surface area contributed by atoms with Gasteiger partial charge in [0.1, 0.15) is 11.4 Å². The number of carbonyl (C=O) groups is 1. The highest BCUT2D eigenvalue weighted by Gasteiger charge is 2.22. The van der Waals surface area contributed by atoms with Gasteiger partial charge in [0.25, 0.3) is 5.91 Å². The summed E-state index contributed by atoms with van der Waals surface area (Å²) >= 11 is 7.54. The number of benzene rings is 1. The number of anilines is 1. The Morgan fingerprint density at radius 3 is 2.61 bits per heavy atom. The maximum Gasteiger partial charge on any atom is 0.312 e. The second-order valence-electron chi connectivity index (χ2n) is 7.63. The van der Waals surface area contributed by atoms with E-state index in [1.54, 1.807) is 35.3 Å². The second-order valence-corrected chi connectivity index (χ2v) is 8.95. The number of nitrogens with one attached hydrogen (secondary N) is 1. The van der Waals surface area contributed by atoms with E-state index in [9.17, 15) is 14.9 Å². The number of rotatable bonds is 7. The molecular weight excluding hydrogens is 464 g/mol. The quantitative estimate of drug-likeness (QED) is 0.294. The largest absolute Gasteiger partial charge is 0.312 e. The zero-order valence-corrected chi connectivity index (χ0v) is 19.8. The number of nitro groups is 1. The third-order valence-electron chi connectivity index (χ3n) is 5.24. The van der Waals surface area contributed by atoms with Gasteiger partial charge in [-0.1, -0.05) is 29.8 Å². The molecule has 0 saturated heterocycles. The standard InChI is InChI=1S/C22H21ClN6O3S/c1-13-8-20(26-27(13)11-17-6-4-5-7-18(17)23)24-22(30)19-9-16(12-33-19)10-28-15(3)21(29(31)32)14(2)25-28/h4-9,12H,10-11H2,1-3H3,(H,24,26,30). The summed E-state index contributed by atoms with van der Waals surface area (Å²) in [7, 11) is 0.